The molecule has 0 heterocycles. The third kappa shape index (κ3) is 3.38. The summed E-state index contributed by atoms with van der Waals surface area (Å²) in [4.78, 5) is 12.0. The van der Waals surface area contributed by atoms with Gasteiger partial charge in [0.2, 0.25) is 0 Å². The van der Waals surface area contributed by atoms with Crippen LogP contribution in [0.2, 0.25) is 0 Å². The fourth-order valence-electron chi connectivity index (χ4n) is 2.82. The Kier molecular flexibility index (Phi) is 6.34. The minimum Gasteiger partial charge on any atom is -0.468 e. The zero-order valence-corrected chi connectivity index (χ0v) is 12.1. The zero-order chi connectivity index (χ0) is 12.7. The molecule has 0 radical (unpaired) electrons. The summed E-state index contributed by atoms with van der Waals surface area (Å²) in [5.74, 6) is 2.73. The molecule has 0 bridgehead atoms. The van der Waals surface area contributed by atoms with Gasteiger partial charge in [0, 0.05) is 0 Å². The molecule has 1 N–H and O–H groups in total. The van der Waals surface area contributed by atoms with Crippen molar-refractivity contribution in [3.8, 4) is 0 Å². The highest BCUT2D eigenvalue weighted by molar-refractivity contribution is 7.99. The van der Waals surface area contributed by atoms with E-state index in [0.29, 0.717) is 5.92 Å². The molecular formula is C13H25NO2S. The fraction of sp³-hybridized carbons (Fsp3) is 0.923. The molecule has 1 saturated carbocycles. The van der Waals surface area contributed by atoms with Crippen molar-refractivity contribution in [1.29, 1.82) is 0 Å². The van der Waals surface area contributed by atoms with E-state index in [2.05, 4.69) is 12.2 Å². The maximum Gasteiger partial charge on any atom is 0.326 e. The van der Waals surface area contributed by atoms with E-state index in [-0.39, 0.29) is 5.97 Å². The van der Waals surface area contributed by atoms with Crippen molar-refractivity contribution in [3.05, 3.63) is 0 Å². The number of carbonyl (C=O) groups is 1. The molecule has 0 amide bonds. The van der Waals surface area contributed by atoms with Crippen LogP contribution in [0.1, 0.15) is 39.0 Å². The second kappa shape index (κ2) is 7.27. The number of rotatable bonds is 7. The Balaban J connectivity index is 2.53. The summed E-state index contributed by atoms with van der Waals surface area (Å²) in [5, 5.41) is 3.24. The number of hydrogen-bond donors (Lipinski definition) is 1. The quantitative estimate of drug-likeness (QED) is 0.563. The van der Waals surface area contributed by atoms with Gasteiger partial charge in [0.1, 0.15) is 5.54 Å². The van der Waals surface area contributed by atoms with E-state index in [4.69, 9.17) is 4.74 Å². The van der Waals surface area contributed by atoms with Crippen LogP contribution in [0.5, 0.6) is 0 Å². The van der Waals surface area contributed by atoms with Gasteiger partial charge in [-0.05, 0) is 50.2 Å². The average molecular weight is 259 g/mol. The van der Waals surface area contributed by atoms with Gasteiger partial charge in [-0.15, -0.1) is 0 Å². The molecule has 0 aromatic rings. The van der Waals surface area contributed by atoms with Crippen molar-refractivity contribution in [2.24, 2.45) is 5.92 Å². The number of methoxy groups -OCH3 is 1. The first-order valence-electron chi connectivity index (χ1n) is 6.56. The van der Waals surface area contributed by atoms with Crippen LogP contribution in [0.15, 0.2) is 0 Å². The first-order valence-corrected chi connectivity index (χ1v) is 7.71. The molecule has 1 aliphatic carbocycles. The number of esters is 1. The van der Waals surface area contributed by atoms with E-state index < -0.39 is 5.54 Å². The van der Waals surface area contributed by atoms with E-state index in [1.807, 2.05) is 18.8 Å². The van der Waals surface area contributed by atoms with E-state index in [1.54, 1.807) is 0 Å². The minimum atomic E-state index is -0.415. The monoisotopic (exact) mass is 259 g/mol. The van der Waals surface area contributed by atoms with Crippen molar-refractivity contribution in [2.75, 3.05) is 25.7 Å². The number of hydrogen-bond acceptors (Lipinski definition) is 4. The Bertz CT molecular complexity index is 248. The van der Waals surface area contributed by atoms with Gasteiger partial charge in [0.25, 0.3) is 0 Å². The standard InChI is InChI=1S/C13H25NO2S/c1-4-9-17-10-7-11-6-5-8-13(11,14-2)12(15)16-3/h11,14H,4-10H2,1-3H3. The van der Waals surface area contributed by atoms with Crippen LogP contribution in [0.3, 0.4) is 0 Å². The van der Waals surface area contributed by atoms with Crippen molar-refractivity contribution >= 4 is 17.7 Å². The molecule has 0 saturated heterocycles. The predicted octanol–water partition coefficient (Wildman–Crippen LogP) is 2.45. The topological polar surface area (TPSA) is 38.3 Å². The Morgan fingerprint density at radius 3 is 2.88 bits per heavy atom. The van der Waals surface area contributed by atoms with Crippen LogP contribution >= 0.6 is 11.8 Å². The molecule has 0 aliphatic heterocycles. The molecule has 1 rings (SSSR count). The van der Waals surface area contributed by atoms with Crippen LogP contribution in [-0.4, -0.2) is 37.2 Å². The smallest absolute Gasteiger partial charge is 0.326 e. The van der Waals surface area contributed by atoms with Crippen molar-refractivity contribution in [3.63, 3.8) is 0 Å². The van der Waals surface area contributed by atoms with E-state index in [0.717, 1.165) is 31.4 Å². The highest BCUT2D eigenvalue weighted by Crippen LogP contribution is 2.39. The summed E-state index contributed by atoms with van der Waals surface area (Å²) in [7, 11) is 3.37. The second-order valence-corrected chi connectivity index (χ2v) is 5.93. The van der Waals surface area contributed by atoms with Gasteiger partial charge in [-0.1, -0.05) is 13.3 Å². The summed E-state index contributed by atoms with van der Waals surface area (Å²) in [6.07, 6.45) is 5.52. The average Bonchev–Trinajstić information content (AvgIpc) is 2.78. The Hall–Kier alpha value is -0.220. The molecule has 3 nitrogen and oxygen atoms in total. The van der Waals surface area contributed by atoms with Gasteiger partial charge in [0.05, 0.1) is 7.11 Å². The maximum atomic E-state index is 12.0. The first kappa shape index (κ1) is 14.8. The van der Waals surface area contributed by atoms with Gasteiger partial charge >= 0.3 is 5.97 Å². The molecule has 1 fully saturated rings. The normalized spacial score (nSPS) is 28.3. The highest BCUT2D eigenvalue weighted by Gasteiger charge is 2.48. The SMILES string of the molecule is CCCSCCC1CCCC1(NC)C(=O)OC. The minimum absolute atomic E-state index is 0.0806. The molecular weight excluding hydrogens is 234 g/mol. The summed E-state index contributed by atoms with van der Waals surface area (Å²) < 4.78 is 4.98. The number of likely N-dealkylation sites (N-methyl/N-ethyl adjacent to an activating group) is 1. The molecule has 17 heavy (non-hydrogen) atoms. The molecule has 0 spiro atoms. The Labute approximate surface area is 109 Å². The van der Waals surface area contributed by atoms with Crippen LogP contribution in [0.4, 0.5) is 0 Å². The summed E-state index contributed by atoms with van der Waals surface area (Å²) in [6, 6.07) is 0. The molecule has 0 aromatic heterocycles. The van der Waals surface area contributed by atoms with Crippen LogP contribution in [-0.2, 0) is 9.53 Å². The second-order valence-electron chi connectivity index (χ2n) is 4.70. The summed E-state index contributed by atoms with van der Waals surface area (Å²) >= 11 is 1.99. The van der Waals surface area contributed by atoms with Crippen molar-refractivity contribution < 1.29 is 9.53 Å². The number of nitrogens with one attached hydrogen (secondary N) is 1. The lowest BCUT2D eigenvalue weighted by Gasteiger charge is -2.32. The van der Waals surface area contributed by atoms with Gasteiger partial charge in [0.15, 0.2) is 0 Å². The fourth-order valence-corrected chi connectivity index (χ4v) is 3.77. The molecule has 4 heteroatoms. The third-order valence-electron chi connectivity index (χ3n) is 3.78. The zero-order valence-electron chi connectivity index (χ0n) is 11.3. The van der Waals surface area contributed by atoms with Gasteiger partial charge in [-0.3, -0.25) is 4.79 Å². The van der Waals surface area contributed by atoms with Gasteiger partial charge < -0.3 is 10.1 Å². The van der Waals surface area contributed by atoms with Gasteiger partial charge in [-0.2, -0.15) is 11.8 Å². The number of carbonyl (C=O) groups excluding carboxylic acids is 1. The number of thioether (sulfide) groups is 1. The molecule has 2 unspecified atom stereocenters. The van der Waals surface area contributed by atoms with Crippen molar-refractivity contribution in [2.45, 2.75) is 44.6 Å². The van der Waals surface area contributed by atoms with Crippen LogP contribution in [0.25, 0.3) is 0 Å². The van der Waals surface area contributed by atoms with E-state index in [9.17, 15) is 4.79 Å². The Morgan fingerprint density at radius 1 is 1.53 bits per heavy atom. The lowest BCUT2D eigenvalue weighted by atomic mass is 9.85. The van der Waals surface area contributed by atoms with Crippen molar-refractivity contribution in [1.82, 2.24) is 5.32 Å². The summed E-state index contributed by atoms with van der Waals surface area (Å²) in [6.45, 7) is 2.20. The Morgan fingerprint density at radius 2 is 2.29 bits per heavy atom. The number of ether oxygens (including phenoxy) is 1. The molecule has 100 valence electrons. The molecule has 0 aromatic carbocycles. The van der Waals surface area contributed by atoms with Crippen LogP contribution in [0, 0.1) is 5.92 Å². The molecule has 1 aliphatic rings. The largest absolute Gasteiger partial charge is 0.468 e. The lowest BCUT2D eigenvalue weighted by Crippen LogP contribution is -2.53. The highest BCUT2D eigenvalue weighted by atomic mass is 32.2. The van der Waals surface area contributed by atoms with Gasteiger partial charge in [-0.25, -0.2) is 0 Å². The third-order valence-corrected chi connectivity index (χ3v) is 5.00. The van der Waals surface area contributed by atoms with E-state index in [1.165, 1.54) is 19.3 Å². The summed E-state index contributed by atoms with van der Waals surface area (Å²) in [5.41, 5.74) is -0.415. The predicted molar refractivity (Wildman–Crippen MR) is 73.4 cm³/mol. The lowest BCUT2D eigenvalue weighted by molar-refractivity contribution is -0.150. The first-order chi connectivity index (χ1) is 8.21. The molecule has 2 atom stereocenters. The van der Waals surface area contributed by atoms with E-state index >= 15 is 0 Å². The van der Waals surface area contributed by atoms with Crippen LogP contribution < -0.4 is 5.32 Å². The maximum absolute atomic E-state index is 12.0.